The molecule has 0 bridgehead atoms. The molecule has 0 unspecified atom stereocenters. The van der Waals surface area contributed by atoms with Gasteiger partial charge in [-0.05, 0) is 34.6 Å². The maximum atomic E-state index is 13.6. The van der Waals surface area contributed by atoms with Crippen LogP contribution >= 0.6 is 23.3 Å². The lowest BCUT2D eigenvalue weighted by Crippen LogP contribution is -2.62. The highest BCUT2D eigenvalue weighted by molar-refractivity contribution is 8.00. The van der Waals surface area contributed by atoms with E-state index in [4.69, 9.17) is 26.8 Å². The molecule has 0 aliphatic carbocycles. The normalized spacial score (nSPS) is 18.1. The van der Waals surface area contributed by atoms with Gasteiger partial charge in [-0.2, -0.15) is 9.36 Å². The molecule has 266 valence electrons. The summed E-state index contributed by atoms with van der Waals surface area (Å²) >= 11 is 2.11. The Morgan fingerprint density at radius 1 is 1.20 bits per heavy atom. The standard InChI is InChI=1S/C28H39N11O8S2/c1-27(2,3)46-24(44)28(4,5)47-35-17(20-34-25(31)49-36-20)16(40)9-14-21(41)39-18(23(42)43)13(12-48-22(14)39)10-38-11-15(19(30)37(38)6)33-26(45)32-8-7-29/h11,14,22,30H,7-10,12,29H2,1-6H3,(H5,31,32,33,34,36,42,43,45)/p+1/b35-17+/t14-,22-/m1/s1. The zero-order chi connectivity index (χ0) is 36.4. The zero-order valence-corrected chi connectivity index (χ0v) is 29.4. The van der Waals surface area contributed by atoms with Crippen molar-refractivity contribution < 1.29 is 43.3 Å². The van der Waals surface area contributed by atoms with Gasteiger partial charge in [-0.15, -0.1) is 21.1 Å². The molecule has 2 atom stereocenters. The molecule has 3 amide bonds. The number of nitrogens with zero attached hydrogens (tertiary/aromatic N) is 6. The molecule has 4 rings (SSSR count). The van der Waals surface area contributed by atoms with Crippen molar-refractivity contribution in [1.82, 2.24) is 24.3 Å². The van der Waals surface area contributed by atoms with Crippen molar-refractivity contribution in [3.8, 4) is 0 Å². The lowest BCUT2D eigenvalue weighted by Gasteiger charge is -2.49. The molecule has 2 aliphatic heterocycles. The minimum atomic E-state index is -1.60. The highest BCUT2D eigenvalue weighted by atomic mass is 32.2. The lowest BCUT2D eigenvalue weighted by atomic mass is 9.89. The Labute approximate surface area is 289 Å². The van der Waals surface area contributed by atoms with Crippen molar-refractivity contribution in [2.75, 3.05) is 35.6 Å². The monoisotopic (exact) mass is 722 g/mol. The van der Waals surface area contributed by atoms with Crippen LogP contribution in [0.1, 0.15) is 46.9 Å². The number of anilines is 3. The molecule has 4 heterocycles. The first-order chi connectivity index (χ1) is 22.8. The van der Waals surface area contributed by atoms with E-state index in [1.165, 1.54) is 30.3 Å². The summed E-state index contributed by atoms with van der Waals surface area (Å²) in [5, 5.41) is 18.7. The minimum Gasteiger partial charge on any atom is -0.477 e. The number of hydrogen-bond donors (Lipinski definition) is 6. The van der Waals surface area contributed by atoms with Crippen LogP contribution in [0, 0.1) is 5.92 Å². The van der Waals surface area contributed by atoms with E-state index in [2.05, 4.69) is 25.1 Å². The van der Waals surface area contributed by atoms with Crippen LogP contribution in [0.4, 0.5) is 21.4 Å². The number of carboxylic acid groups (broad SMARTS) is 1. The molecule has 21 heteroatoms. The number of esters is 1. The Bertz CT molecular complexity index is 1730. The fourth-order valence-corrected chi connectivity index (χ4v) is 6.63. The number of ether oxygens (including phenoxy) is 1. The smallest absolute Gasteiger partial charge is 0.353 e. The number of urea groups is 1. The average molecular weight is 723 g/mol. The zero-order valence-electron chi connectivity index (χ0n) is 27.8. The molecule has 0 saturated carbocycles. The summed E-state index contributed by atoms with van der Waals surface area (Å²) < 4.78 is 12.6. The summed E-state index contributed by atoms with van der Waals surface area (Å²) in [6, 6.07) is -0.510. The number of amides is 3. The number of ketones is 1. The maximum absolute atomic E-state index is 13.6. The Morgan fingerprint density at radius 2 is 1.90 bits per heavy atom. The summed E-state index contributed by atoms with van der Waals surface area (Å²) in [5.41, 5.74) is 15.1. The number of hydrogen-bond acceptors (Lipinski definition) is 15. The Balaban J connectivity index is 1.53. The van der Waals surface area contributed by atoms with E-state index in [1.807, 2.05) is 0 Å². The van der Waals surface area contributed by atoms with Gasteiger partial charge in [0.1, 0.15) is 11.3 Å². The third kappa shape index (κ3) is 8.28. The van der Waals surface area contributed by atoms with Crippen molar-refractivity contribution in [1.29, 1.82) is 0 Å². The van der Waals surface area contributed by atoms with Crippen molar-refractivity contribution >= 4 is 75.3 Å². The van der Waals surface area contributed by atoms with Crippen LogP contribution in [0.5, 0.6) is 0 Å². The number of carbonyl (C=O) groups is 5. The molecular formula is C28H40N11O8S2+. The van der Waals surface area contributed by atoms with Gasteiger partial charge in [0.15, 0.2) is 34.7 Å². The lowest BCUT2D eigenvalue weighted by molar-refractivity contribution is -0.765. The van der Waals surface area contributed by atoms with Crippen molar-refractivity contribution in [3.63, 3.8) is 0 Å². The van der Waals surface area contributed by atoms with Gasteiger partial charge in [-0.1, -0.05) is 5.16 Å². The predicted octanol–water partition coefficient (Wildman–Crippen LogP) is -0.221. The van der Waals surface area contributed by atoms with Crippen molar-refractivity contribution in [3.05, 3.63) is 23.3 Å². The molecule has 0 spiro atoms. The summed E-state index contributed by atoms with van der Waals surface area (Å²) in [6.45, 7) is 8.45. The molecule has 0 radical (unpaired) electrons. The van der Waals surface area contributed by atoms with Crippen molar-refractivity contribution in [2.45, 2.75) is 64.2 Å². The summed E-state index contributed by atoms with van der Waals surface area (Å²) in [7, 11) is 1.64. The minimum absolute atomic E-state index is 0.0417. The first-order valence-corrected chi connectivity index (χ1v) is 16.8. The van der Waals surface area contributed by atoms with E-state index in [9.17, 15) is 29.1 Å². The van der Waals surface area contributed by atoms with Gasteiger partial charge in [0.25, 0.3) is 0 Å². The topological polar surface area (TPSA) is 276 Å². The van der Waals surface area contributed by atoms with Crippen molar-refractivity contribution in [2.24, 2.45) is 23.9 Å². The highest BCUT2D eigenvalue weighted by Crippen LogP contribution is 2.45. The van der Waals surface area contributed by atoms with Crippen LogP contribution < -0.4 is 32.5 Å². The molecule has 2 aromatic rings. The summed E-state index contributed by atoms with van der Waals surface area (Å²) in [5.74, 6) is -3.90. The van der Waals surface area contributed by atoms with Crippen LogP contribution in [0.25, 0.3) is 0 Å². The number of nitrogen functional groups attached to an aromatic ring is 2. The third-order valence-corrected chi connectivity index (χ3v) is 9.20. The van der Waals surface area contributed by atoms with Gasteiger partial charge in [0.05, 0.1) is 18.3 Å². The SMILES string of the molecule is Cn1c(N)c(NC(=O)NCCN)c[n+]1CC1=C(C(=O)O)N2C(=O)[C@@H](CC(=O)/C(=N\OC(C)(C)C(=O)OC(C)(C)C)c3nsc(N)n3)[C@H]2SC1. The molecule has 2 aromatic heterocycles. The molecular weight excluding hydrogens is 683 g/mol. The molecule has 49 heavy (non-hydrogen) atoms. The molecule has 1 fully saturated rings. The number of carboxylic acids is 1. The van der Waals surface area contributed by atoms with Gasteiger partial charge in [0, 0.05) is 42.4 Å². The van der Waals surface area contributed by atoms with Crippen LogP contribution in [0.15, 0.2) is 22.6 Å². The molecule has 1 saturated heterocycles. The number of β-lactam (4-membered cyclic amide) rings is 1. The number of oxime groups is 1. The Morgan fingerprint density at radius 3 is 2.49 bits per heavy atom. The average Bonchev–Trinajstić information content (AvgIpc) is 3.55. The highest BCUT2D eigenvalue weighted by Gasteiger charge is 2.54. The molecule has 0 aromatic carbocycles. The van der Waals surface area contributed by atoms with E-state index >= 15 is 0 Å². The summed E-state index contributed by atoms with van der Waals surface area (Å²) in [4.78, 5) is 75.0. The maximum Gasteiger partial charge on any atom is 0.353 e. The Hall–Kier alpha value is -4.76. The predicted molar refractivity (Wildman–Crippen MR) is 179 cm³/mol. The van der Waals surface area contributed by atoms with Gasteiger partial charge in [0.2, 0.25) is 23.5 Å². The fourth-order valence-electron chi connectivity index (χ4n) is 4.79. The molecule has 19 nitrogen and oxygen atoms in total. The van der Waals surface area contributed by atoms with Crippen LogP contribution in [-0.4, -0.2) is 94.8 Å². The largest absolute Gasteiger partial charge is 0.477 e. The van der Waals surface area contributed by atoms with Crippen LogP contribution in [-0.2, 0) is 42.3 Å². The van der Waals surface area contributed by atoms with Crippen LogP contribution in [0.2, 0.25) is 0 Å². The van der Waals surface area contributed by atoms with Gasteiger partial charge in [-0.25, -0.2) is 14.4 Å². The van der Waals surface area contributed by atoms with E-state index in [-0.39, 0.29) is 60.0 Å². The number of fused-ring (bicyclic) bond motifs is 1. The van der Waals surface area contributed by atoms with E-state index < -0.39 is 52.2 Å². The third-order valence-electron chi connectivity index (χ3n) is 7.26. The van der Waals surface area contributed by atoms with Gasteiger partial charge in [-0.3, -0.25) is 19.8 Å². The van der Waals surface area contributed by atoms with Crippen LogP contribution in [0.3, 0.4) is 0 Å². The molecule has 9 N–H and O–H groups in total. The molecule has 2 aliphatic rings. The number of carbonyl (C=O) groups excluding carboxylic acids is 4. The van der Waals surface area contributed by atoms with E-state index in [0.29, 0.717) is 11.3 Å². The number of aromatic nitrogens is 4. The number of thioether (sulfide) groups is 1. The second-order valence-corrected chi connectivity index (χ2v) is 14.5. The van der Waals surface area contributed by atoms with Gasteiger partial charge >= 0.3 is 18.0 Å². The number of nitrogens with two attached hydrogens (primary N) is 3. The second kappa shape index (κ2) is 14.4. The van der Waals surface area contributed by atoms with E-state index in [1.54, 1.807) is 38.7 Å². The Kier molecular flexibility index (Phi) is 10.9. The summed E-state index contributed by atoms with van der Waals surface area (Å²) in [6.07, 6.45) is 1.18. The number of rotatable bonds is 13. The van der Waals surface area contributed by atoms with Gasteiger partial charge < -0.3 is 37.2 Å². The quantitative estimate of drug-likeness (QED) is 0.0513. The number of Topliss-reactive ketones (excluding diaryl/α,β-unsaturated/α-hetero) is 1. The first-order valence-electron chi connectivity index (χ1n) is 15.0. The van der Waals surface area contributed by atoms with E-state index in [0.717, 1.165) is 16.4 Å². The number of nitrogens with one attached hydrogen (secondary N) is 2. The fraction of sp³-hybridized carbons (Fsp3) is 0.536. The second-order valence-electron chi connectivity index (χ2n) is 12.6. The number of aliphatic carboxylic acids is 1. The first kappa shape index (κ1) is 37.1.